The van der Waals surface area contributed by atoms with Crippen LogP contribution in [-0.4, -0.2) is 4.98 Å². The van der Waals surface area contributed by atoms with E-state index < -0.39 is 0 Å². The first-order chi connectivity index (χ1) is 4.43. The zero-order valence-electron chi connectivity index (χ0n) is 4.61. The van der Waals surface area contributed by atoms with Crippen LogP contribution in [-0.2, 0) is 0 Å². The summed E-state index contributed by atoms with van der Waals surface area (Å²) >= 11 is 0. The highest BCUT2D eigenvalue weighted by Gasteiger charge is 1.85. The second kappa shape index (κ2) is 2.68. The Hall–Kier alpha value is -1.56. The zero-order valence-corrected chi connectivity index (χ0v) is 4.61. The SMILES string of the molecule is N#COc1ccncc1. The maximum absolute atomic E-state index is 8.03. The Kier molecular flexibility index (Phi) is 1.66. The van der Waals surface area contributed by atoms with Crippen molar-refractivity contribution in [1.82, 2.24) is 4.98 Å². The third-order valence-corrected chi connectivity index (χ3v) is 0.813. The molecule has 3 nitrogen and oxygen atoms in total. The molecular weight excluding hydrogens is 116 g/mol. The molecule has 1 aromatic rings. The first-order valence-corrected chi connectivity index (χ1v) is 2.39. The number of ether oxygens (including phenoxy) is 1. The van der Waals surface area contributed by atoms with Crippen molar-refractivity contribution in [2.75, 3.05) is 0 Å². The number of nitrogens with zero attached hydrogens (tertiary/aromatic N) is 2. The third-order valence-electron chi connectivity index (χ3n) is 0.813. The lowest BCUT2D eigenvalue weighted by molar-refractivity contribution is 0.506. The molecule has 0 spiro atoms. The normalized spacial score (nSPS) is 7.89. The minimum absolute atomic E-state index is 0.521. The van der Waals surface area contributed by atoms with Crippen molar-refractivity contribution in [3.8, 4) is 12.0 Å². The maximum Gasteiger partial charge on any atom is 0.292 e. The van der Waals surface area contributed by atoms with Gasteiger partial charge >= 0.3 is 0 Å². The summed E-state index contributed by atoms with van der Waals surface area (Å²) in [6.45, 7) is 0. The van der Waals surface area contributed by atoms with E-state index in [1.165, 1.54) is 0 Å². The van der Waals surface area contributed by atoms with E-state index in [1.54, 1.807) is 30.8 Å². The Labute approximate surface area is 52.5 Å². The van der Waals surface area contributed by atoms with Gasteiger partial charge in [-0.1, -0.05) is 0 Å². The van der Waals surface area contributed by atoms with E-state index >= 15 is 0 Å². The van der Waals surface area contributed by atoms with Crippen molar-refractivity contribution in [2.45, 2.75) is 0 Å². The molecule has 0 saturated carbocycles. The molecule has 9 heavy (non-hydrogen) atoms. The van der Waals surface area contributed by atoms with Gasteiger partial charge in [0.05, 0.1) is 0 Å². The second-order valence-electron chi connectivity index (χ2n) is 1.38. The second-order valence-corrected chi connectivity index (χ2v) is 1.38. The van der Waals surface area contributed by atoms with Crippen LogP contribution in [0.25, 0.3) is 0 Å². The standard InChI is InChI=1S/C6H4N2O/c7-5-9-6-1-3-8-4-2-6/h1-4H. The third kappa shape index (κ3) is 1.42. The van der Waals surface area contributed by atoms with Crippen LogP contribution in [0, 0.1) is 11.5 Å². The number of hydrogen-bond donors (Lipinski definition) is 0. The highest BCUT2D eigenvalue weighted by Crippen LogP contribution is 2.04. The van der Waals surface area contributed by atoms with Crippen LogP contribution in [0.5, 0.6) is 5.75 Å². The molecule has 0 atom stereocenters. The van der Waals surface area contributed by atoms with Crippen molar-refractivity contribution in [2.24, 2.45) is 0 Å². The van der Waals surface area contributed by atoms with E-state index in [-0.39, 0.29) is 0 Å². The highest BCUT2D eigenvalue weighted by molar-refractivity contribution is 5.17. The summed E-state index contributed by atoms with van der Waals surface area (Å²) < 4.78 is 4.47. The first-order valence-electron chi connectivity index (χ1n) is 2.39. The van der Waals surface area contributed by atoms with Gasteiger partial charge in [0.25, 0.3) is 6.26 Å². The molecule has 0 aromatic carbocycles. The fourth-order valence-corrected chi connectivity index (χ4v) is 0.459. The Morgan fingerprint density at radius 3 is 2.67 bits per heavy atom. The number of hydrogen-bond acceptors (Lipinski definition) is 3. The lowest BCUT2D eigenvalue weighted by atomic mass is 10.5. The van der Waals surface area contributed by atoms with Crippen LogP contribution in [0.3, 0.4) is 0 Å². The highest BCUT2D eigenvalue weighted by atomic mass is 16.5. The van der Waals surface area contributed by atoms with Crippen molar-refractivity contribution < 1.29 is 4.74 Å². The minimum atomic E-state index is 0.521. The molecule has 0 aliphatic carbocycles. The Balaban J connectivity index is 2.76. The van der Waals surface area contributed by atoms with Crippen LogP contribution in [0.15, 0.2) is 24.5 Å². The lowest BCUT2D eigenvalue weighted by Crippen LogP contribution is -1.79. The lowest BCUT2D eigenvalue weighted by Gasteiger charge is -1.89. The molecule has 0 radical (unpaired) electrons. The summed E-state index contributed by atoms with van der Waals surface area (Å²) in [5.41, 5.74) is 0. The molecule has 3 heteroatoms. The van der Waals surface area contributed by atoms with Gasteiger partial charge in [0.2, 0.25) is 0 Å². The molecule has 0 saturated heterocycles. The molecule has 0 bridgehead atoms. The predicted molar refractivity (Wildman–Crippen MR) is 30.5 cm³/mol. The quantitative estimate of drug-likeness (QED) is 0.518. The van der Waals surface area contributed by atoms with Gasteiger partial charge in [0, 0.05) is 24.5 Å². The summed E-state index contributed by atoms with van der Waals surface area (Å²) in [6, 6.07) is 3.23. The summed E-state index contributed by atoms with van der Waals surface area (Å²) in [5, 5.41) is 8.03. The van der Waals surface area contributed by atoms with E-state index in [1.807, 2.05) is 0 Å². The molecule has 44 valence electrons. The van der Waals surface area contributed by atoms with E-state index in [4.69, 9.17) is 5.26 Å². The number of rotatable bonds is 1. The first kappa shape index (κ1) is 5.57. The molecule has 0 fully saturated rings. The molecule has 0 unspecified atom stereocenters. The summed E-state index contributed by atoms with van der Waals surface area (Å²) in [4.78, 5) is 3.74. The fraction of sp³-hybridized carbons (Fsp3) is 0. The predicted octanol–water partition coefficient (Wildman–Crippen LogP) is 0.941. The van der Waals surface area contributed by atoms with Crippen LogP contribution >= 0.6 is 0 Å². The summed E-state index contributed by atoms with van der Waals surface area (Å²) in [7, 11) is 0. The summed E-state index contributed by atoms with van der Waals surface area (Å²) in [5.74, 6) is 0.521. The van der Waals surface area contributed by atoms with Crippen LogP contribution in [0.1, 0.15) is 0 Å². The van der Waals surface area contributed by atoms with Crippen molar-refractivity contribution in [3.63, 3.8) is 0 Å². The average Bonchev–Trinajstić information content (AvgIpc) is 1.91. The largest absolute Gasteiger partial charge is 0.388 e. The smallest absolute Gasteiger partial charge is 0.292 e. The van der Waals surface area contributed by atoms with Gasteiger partial charge in [-0.25, -0.2) is 0 Å². The Morgan fingerprint density at radius 1 is 1.44 bits per heavy atom. The van der Waals surface area contributed by atoms with E-state index in [9.17, 15) is 0 Å². The molecule has 0 amide bonds. The van der Waals surface area contributed by atoms with E-state index in [2.05, 4.69) is 9.72 Å². The van der Waals surface area contributed by atoms with Crippen LogP contribution in [0.2, 0.25) is 0 Å². The topological polar surface area (TPSA) is 45.9 Å². The molecule has 1 rings (SSSR count). The molecule has 1 aromatic heterocycles. The van der Waals surface area contributed by atoms with Crippen molar-refractivity contribution >= 4 is 0 Å². The monoisotopic (exact) mass is 120 g/mol. The average molecular weight is 120 g/mol. The Bertz CT molecular complexity index is 214. The van der Waals surface area contributed by atoms with Gasteiger partial charge in [0.15, 0.2) is 0 Å². The van der Waals surface area contributed by atoms with Crippen LogP contribution in [0.4, 0.5) is 0 Å². The zero-order chi connectivity index (χ0) is 6.53. The van der Waals surface area contributed by atoms with Gasteiger partial charge in [-0.2, -0.15) is 0 Å². The molecular formula is C6H4N2O. The molecule has 0 aliphatic rings. The van der Waals surface area contributed by atoms with Gasteiger partial charge in [-0.3, -0.25) is 4.98 Å². The van der Waals surface area contributed by atoms with Crippen molar-refractivity contribution in [1.29, 1.82) is 5.26 Å². The fourth-order valence-electron chi connectivity index (χ4n) is 0.459. The minimum Gasteiger partial charge on any atom is -0.388 e. The van der Waals surface area contributed by atoms with Gasteiger partial charge in [-0.05, 0) is 0 Å². The molecule has 0 aliphatic heterocycles. The van der Waals surface area contributed by atoms with Gasteiger partial charge in [0.1, 0.15) is 5.75 Å². The summed E-state index contributed by atoms with van der Waals surface area (Å²) in [6.07, 6.45) is 4.68. The molecule has 0 N–H and O–H groups in total. The van der Waals surface area contributed by atoms with Crippen LogP contribution < -0.4 is 4.74 Å². The number of aromatic nitrogens is 1. The number of pyridine rings is 1. The molecule has 1 heterocycles. The van der Waals surface area contributed by atoms with E-state index in [0.29, 0.717) is 5.75 Å². The van der Waals surface area contributed by atoms with Crippen molar-refractivity contribution in [3.05, 3.63) is 24.5 Å². The van der Waals surface area contributed by atoms with E-state index in [0.717, 1.165) is 0 Å². The Morgan fingerprint density at radius 2 is 2.11 bits per heavy atom. The maximum atomic E-state index is 8.03. The number of nitriles is 1. The van der Waals surface area contributed by atoms with Gasteiger partial charge in [-0.15, -0.1) is 5.26 Å². The van der Waals surface area contributed by atoms with Gasteiger partial charge < -0.3 is 4.74 Å².